The highest BCUT2D eigenvalue weighted by atomic mass is 16.6. The maximum absolute atomic E-state index is 12.7. The van der Waals surface area contributed by atoms with Gasteiger partial charge in [0.25, 0.3) is 0 Å². The summed E-state index contributed by atoms with van der Waals surface area (Å²) < 4.78 is 6.19. The van der Waals surface area contributed by atoms with Crippen molar-refractivity contribution in [3.05, 3.63) is 153 Å². The summed E-state index contributed by atoms with van der Waals surface area (Å²) in [5, 5.41) is 10.8. The van der Waals surface area contributed by atoms with Gasteiger partial charge in [-0.15, -0.1) is 0 Å². The van der Waals surface area contributed by atoms with Crippen LogP contribution in [0.25, 0.3) is 14.5 Å². The molecule has 12 heteroatoms. The number of carbonyl (C=O) groups is 7. The molecule has 1 N–H and O–H groups in total. The minimum Gasteiger partial charge on any atom is -0.393 e. The molecule has 10 aliphatic rings. The number of aliphatic hydroxyl groups is 1. The average Bonchev–Trinajstić information content (AvgIpc) is 4.02. The molecule has 0 amide bonds. The summed E-state index contributed by atoms with van der Waals surface area (Å²) in [6, 6.07) is 0. The van der Waals surface area contributed by atoms with Crippen LogP contribution >= 0.6 is 0 Å². The van der Waals surface area contributed by atoms with Crippen LogP contribution in [0.5, 0.6) is 0 Å². The van der Waals surface area contributed by atoms with E-state index in [1.54, 1.807) is 83.2 Å². The largest absolute Gasteiger partial charge is 0.393 e. The summed E-state index contributed by atoms with van der Waals surface area (Å²) in [4.78, 5) is 96.8. The van der Waals surface area contributed by atoms with Gasteiger partial charge in [0, 0.05) is 43.8 Å². The van der Waals surface area contributed by atoms with Crippen LogP contribution in [0.2, 0.25) is 0 Å². The van der Waals surface area contributed by atoms with Crippen molar-refractivity contribution in [1.29, 1.82) is 0 Å². The number of epoxide rings is 1. The molecule has 0 bridgehead atoms. The first kappa shape index (κ1) is 48.9. The van der Waals surface area contributed by atoms with Gasteiger partial charge >= 0.3 is 0 Å². The fourth-order valence-electron chi connectivity index (χ4n) is 14.4. The molecule has 0 aromatic rings. The lowest BCUT2D eigenvalue weighted by molar-refractivity contribution is -0.138. The fourth-order valence-corrected chi connectivity index (χ4v) is 14.4. The van der Waals surface area contributed by atoms with Gasteiger partial charge in [-0.25, -0.2) is 14.5 Å². The lowest BCUT2D eigenvalue weighted by Crippen LogP contribution is -2.60. The van der Waals surface area contributed by atoms with E-state index in [1.807, 2.05) is 53.7 Å². The van der Waals surface area contributed by atoms with Crippen LogP contribution in [0.15, 0.2) is 118 Å². The molecule has 1 heterocycles. The number of rotatable bonds is 0. The third-order valence-electron chi connectivity index (χ3n) is 17.7. The zero-order valence-electron chi connectivity index (χ0n) is 41.2. The van der Waals surface area contributed by atoms with Crippen LogP contribution in [0.4, 0.5) is 0 Å². The van der Waals surface area contributed by atoms with Crippen LogP contribution < -0.4 is 0 Å². The topological polar surface area (TPSA) is 165 Å². The second-order valence-corrected chi connectivity index (χ2v) is 23.2. The van der Waals surface area contributed by atoms with E-state index >= 15 is 0 Å². The van der Waals surface area contributed by atoms with Crippen molar-refractivity contribution in [2.45, 2.75) is 114 Å². The number of nitrogens with zero attached hydrogens (tertiary/aromatic N) is 3. The van der Waals surface area contributed by atoms with Crippen LogP contribution in [0, 0.1) is 74.4 Å². The van der Waals surface area contributed by atoms with E-state index in [9.17, 15) is 38.7 Å². The number of carbonyl (C=O) groups excluding carboxylic acids is 7. The molecule has 69 heavy (non-hydrogen) atoms. The highest BCUT2D eigenvalue weighted by Crippen LogP contribution is 2.74. The van der Waals surface area contributed by atoms with Gasteiger partial charge in [-0.3, -0.25) is 19.2 Å². The first-order valence-electron chi connectivity index (χ1n) is 23.2. The molecule has 3 fully saturated rings. The molecule has 354 valence electrons. The smallest absolute Gasteiger partial charge is 0.227 e. The monoisotopic (exact) mass is 927 g/mol. The molecular weight excluding hydrogens is 871 g/mol. The Morgan fingerprint density at radius 2 is 1.04 bits per heavy atom. The van der Waals surface area contributed by atoms with Gasteiger partial charge in [-0.05, 0) is 91.5 Å². The molecular formula is C57H57N3O9. The van der Waals surface area contributed by atoms with Gasteiger partial charge in [0.15, 0.2) is 40.5 Å². The Balaban J connectivity index is 0.000000140. The Morgan fingerprint density at radius 3 is 1.61 bits per heavy atom. The third-order valence-corrected chi connectivity index (χ3v) is 17.7. The number of hydrogen-bond donors (Lipinski definition) is 1. The Morgan fingerprint density at radius 1 is 0.551 bits per heavy atom. The summed E-state index contributed by atoms with van der Waals surface area (Å²) in [5.41, 5.74) is -3.48. The number of Topliss-reactive ketones (excluding diaryl/α,β-unsaturated/α-hetero) is 3. The van der Waals surface area contributed by atoms with Gasteiger partial charge in [-0.2, -0.15) is 0 Å². The third kappa shape index (κ3) is 6.32. The van der Waals surface area contributed by atoms with E-state index in [-0.39, 0.29) is 75.0 Å². The summed E-state index contributed by atoms with van der Waals surface area (Å²) in [6.07, 6.45) is 21.9. The Hall–Kier alpha value is -6.52. The molecule has 2 saturated carbocycles. The molecule has 10 rings (SSSR count). The number of fused-ring (bicyclic) bond motifs is 8. The predicted molar refractivity (Wildman–Crippen MR) is 255 cm³/mol. The SMILES string of the molecule is [C-]#[N+]C1=C[C@@]2(C)C(=CC(=O)[C@@]3(C)C=CC(=O)C=C23)C(C)(C)C1=O.[C-]#[N+]C1=C[C@]2(C)C3=CC(=O)C=C[C@]3(C)C[C@@H]3O[C@@]32C(C)(C)C1=O.[C-]#[N+]C1=C[C@]2(C)C3=CC(=O)C=C[C@]3(C)C[C@H](O)[C@H]2C(C)(C)C1=O. The highest BCUT2D eigenvalue weighted by Gasteiger charge is 2.81. The van der Waals surface area contributed by atoms with Crippen LogP contribution in [0.3, 0.4) is 0 Å². The Bertz CT molecular complexity index is 3030. The van der Waals surface area contributed by atoms with E-state index in [1.165, 1.54) is 18.2 Å². The number of ether oxygens (including phenoxy) is 1. The zero-order valence-corrected chi connectivity index (χ0v) is 41.2. The minimum absolute atomic E-state index is 0.0324. The molecule has 0 aromatic carbocycles. The number of hydrogen-bond acceptors (Lipinski definition) is 9. The molecule has 0 unspecified atom stereocenters. The molecule has 1 saturated heterocycles. The molecule has 10 atom stereocenters. The number of aliphatic hydroxyl groups excluding tert-OH is 1. The zero-order chi connectivity index (χ0) is 51.2. The van der Waals surface area contributed by atoms with Gasteiger partial charge in [0.05, 0.1) is 42.8 Å². The van der Waals surface area contributed by atoms with Crippen LogP contribution in [0.1, 0.15) is 95.9 Å². The summed E-state index contributed by atoms with van der Waals surface area (Å²) in [6.45, 7) is 44.5. The van der Waals surface area contributed by atoms with Crippen molar-refractivity contribution >= 4 is 40.5 Å². The number of ketones is 7. The Kier molecular flexibility index (Phi) is 10.5. The van der Waals surface area contributed by atoms with E-state index in [0.29, 0.717) is 17.6 Å². The van der Waals surface area contributed by atoms with Crippen molar-refractivity contribution in [3.8, 4) is 0 Å². The fraction of sp³-hybridized carbons (Fsp3) is 0.474. The van der Waals surface area contributed by atoms with E-state index in [0.717, 1.165) is 17.6 Å². The van der Waals surface area contributed by atoms with Crippen molar-refractivity contribution in [2.75, 3.05) is 0 Å². The van der Waals surface area contributed by atoms with Crippen molar-refractivity contribution in [2.24, 2.45) is 54.7 Å². The van der Waals surface area contributed by atoms with E-state index in [4.69, 9.17) is 24.5 Å². The minimum atomic E-state index is -0.953. The van der Waals surface area contributed by atoms with Crippen molar-refractivity contribution in [1.82, 2.24) is 0 Å². The Labute approximate surface area is 403 Å². The standard InChI is InChI=1S/C19H19NO3.C19H17NO3.C19H21NO3/c1-16(2)15(22)12(20-5)9-18(4)13-8-11(21)6-7-17(13,3)10-14-19(16,18)23-14;1-17(2)13-9-15(22)18(3)7-6-11(21)8-14(18)19(13,4)10-12(20-5)16(17)23;1-17(2)15-13(22)10-18(3)7-6-11(21)8-14(18)19(15,4)9-12(20-5)16(17)23/h6-9,14H,10H2,1-4H3;6-10H,1-4H3;6-9,13,15,22H,10H2,1-4H3/t14-,17+,18+,19+;18-,19-;13-,15-,18+,19+/m000/s1. The number of allylic oxidation sites excluding steroid dienone is 18. The molecule has 1 spiro atoms. The summed E-state index contributed by atoms with van der Waals surface area (Å²) in [5.74, 6) is -1.47. The molecule has 0 radical (unpaired) electrons. The predicted octanol–water partition coefficient (Wildman–Crippen LogP) is 8.86. The van der Waals surface area contributed by atoms with Crippen molar-refractivity contribution < 1.29 is 43.4 Å². The normalized spacial score (nSPS) is 40.7. The molecule has 0 aromatic heterocycles. The maximum Gasteiger partial charge on any atom is 0.227 e. The molecule has 9 aliphatic carbocycles. The average molecular weight is 928 g/mol. The highest BCUT2D eigenvalue weighted by molar-refractivity contribution is 6.13. The lowest BCUT2D eigenvalue weighted by atomic mass is 9.45. The summed E-state index contributed by atoms with van der Waals surface area (Å²) >= 11 is 0. The maximum atomic E-state index is 12.7. The van der Waals surface area contributed by atoms with Gasteiger partial charge in [0.1, 0.15) is 5.60 Å². The van der Waals surface area contributed by atoms with E-state index in [2.05, 4.69) is 21.5 Å². The first-order chi connectivity index (χ1) is 31.8. The van der Waals surface area contributed by atoms with Crippen molar-refractivity contribution in [3.63, 3.8) is 0 Å². The van der Waals surface area contributed by atoms with Crippen LogP contribution in [-0.4, -0.2) is 63.4 Å². The lowest BCUT2D eigenvalue weighted by Gasteiger charge is -2.59. The van der Waals surface area contributed by atoms with Gasteiger partial charge < -0.3 is 24.2 Å². The summed E-state index contributed by atoms with van der Waals surface area (Å²) in [7, 11) is 0. The van der Waals surface area contributed by atoms with Crippen LogP contribution in [-0.2, 0) is 38.3 Å². The van der Waals surface area contributed by atoms with Gasteiger partial charge in [-0.1, -0.05) is 106 Å². The van der Waals surface area contributed by atoms with Gasteiger partial charge in [0.2, 0.25) is 17.1 Å². The second-order valence-electron chi connectivity index (χ2n) is 23.2. The molecule has 12 nitrogen and oxygen atoms in total. The quantitative estimate of drug-likeness (QED) is 0.185. The molecule has 1 aliphatic heterocycles. The second kappa shape index (κ2) is 14.7. The first-order valence-corrected chi connectivity index (χ1v) is 23.2. The van der Waals surface area contributed by atoms with E-state index < -0.39 is 55.0 Å².